The molecule has 31 heavy (non-hydrogen) atoms. The number of nitrogens with one attached hydrogen (secondary N) is 1. The summed E-state index contributed by atoms with van der Waals surface area (Å²) in [7, 11) is 0. The topological polar surface area (TPSA) is 65.5 Å². The van der Waals surface area contributed by atoms with Crippen LogP contribution in [0.3, 0.4) is 0 Å². The number of hydrogen-bond acceptors (Lipinski definition) is 4. The smallest absolute Gasteiger partial charge is 0.243 e. The summed E-state index contributed by atoms with van der Waals surface area (Å²) in [6.07, 6.45) is 4.62. The fourth-order valence-corrected chi connectivity index (χ4v) is 4.58. The minimum absolute atomic E-state index is 0.0251. The van der Waals surface area contributed by atoms with Gasteiger partial charge < -0.3 is 15.1 Å². The summed E-state index contributed by atoms with van der Waals surface area (Å²) >= 11 is 0. The number of pyridine rings is 1. The average Bonchev–Trinajstić information content (AvgIpc) is 2.79. The predicted octanol–water partition coefficient (Wildman–Crippen LogP) is 3.17. The van der Waals surface area contributed by atoms with Gasteiger partial charge in [0.05, 0.1) is 0 Å². The molecule has 2 aromatic rings. The molecule has 1 N–H and O–H groups in total. The van der Waals surface area contributed by atoms with Gasteiger partial charge in [0.2, 0.25) is 11.8 Å². The molecule has 1 aromatic heterocycles. The van der Waals surface area contributed by atoms with Crippen LogP contribution in [0.1, 0.15) is 44.2 Å². The van der Waals surface area contributed by atoms with Crippen molar-refractivity contribution in [3.05, 3.63) is 59.8 Å². The van der Waals surface area contributed by atoms with E-state index in [2.05, 4.69) is 27.3 Å². The van der Waals surface area contributed by atoms with Gasteiger partial charge in [-0.15, -0.1) is 0 Å². The molecular formula is C25H32N4O2. The molecule has 2 aliphatic rings. The molecule has 1 atom stereocenters. The second kappa shape index (κ2) is 9.50. The second-order valence-electron chi connectivity index (χ2n) is 9.07. The van der Waals surface area contributed by atoms with Gasteiger partial charge in [0.25, 0.3) is 0 Å². The largest absolute Gasteiger partial charge is 0.356 e. The highest BCUT2D eigenvalue weighted by Gasteiger charge is 2.35. The molecule has 6 heteroatoms. The molecule has 164 valence electrons. The van der Waals surface area contributed by atoms with Crippen molar-refractivity contribution in [3.8, 4) is 0 Å². The first-order valence-corrected chi connectivity index (χ1v) is 11.3. The molecule has 2 amide bonds. The zero-order valence-electron chi connectivity index (χ0n) is 18.5. The quantitative estimate of drug-likeness (QED) is 0.807. The number of anilines is 1. The third kappa shape index (κ3) is 5.06. The molecule has 1 saturated heterocycles. The van der Waals surface area contributed by atoms with Crippen molar-refractivity contribution < 1.29 is 9.59 Å². The Morgan fingerprint density at radius 3 is 2.45 bits per heavy atom. The molecule has 0 bridgehead atoms. The van der Waals surface area contributed by atoms with Crippen LogP contribution in [0.2, 0.25) is 0 Å². The fraction of sp³-hybridized carbons (Fsp3) is 0.480. The van der Waals surface area contributed by atoms with E-state index in [1.165, 1.54) is 5.56 Å². The van der Waals surface area contributed by atoms with E-state index in [-0.39, 0.29) is 23.8 Å². The van der Waals surface area contributed by atoms with E-state index in [1.807, 2.05) is 50.4 Å². The molecule has 3 heterocycles. The Hall–Kier alpha value is -2.89. The summed E-state index contributed by atoms with van der Waals surface area (Å²) in [5.41, 5.74) is 2.31. The van der Waals surface area contributed by atoms with Crippen molar-refractivity contribution in [1.82, 2.24) is 15.2 Å². The standard InChI is InChI=1S/C25H32N4O2/c1-18(2)15-24(30)29-17-20-8-4-3-7-19(20)16-22(29)25(31)27-21-10-13-28(14-11-21)23-9-5-6-12-26-23/h3-9,12,18,21-22H,10-11,13-17H2,1-2H3,(H,27,31). The Morgan fingerprint density at radius 1 is 1.06 bits per heavy atom. The van der Waals surface area contributed by atoms with Crippen molar-refractivity contribution in [3.63, 3.8) is 0 Å². The number of carbonyl (C=O) groups is 2. The minimum atomic E-state index is -0.435. The lowest BCUT2D eigenvalue weighted by Crippen LogP contribution is -2.55. The highest BCUT2D eigenvalue weighted by atomic mass is 16.2. The van der Waals surface area contributed by atoms with Crippen LogP contribution in [-0.2, 0) is 22.6 Å². The number of carbonyl (C=O) groups excluding carboxylic acids is 2. The first-order valence-electron chi connectivity index (χ1n) is 11.3. The lowest BCUT2D eigenvalue weighted by molar-refractivity contribution is -0.142. The van der Waals surface area contributed by atoms with Crippen LogP contribution in [0.4, 0.5) is 5.82 Å². The maximum absolute atomic E-state index is 13.3. The summed E-state index contributed by atoms with van der Waals surface area (Å²) < 4.78 is 0. The summed E-state index contributed by atoms with van der Waals surface area (Å²) in [4.78, 5) is 34.7. The van der Waals surface area contributed by atoms with E-state index < -0.39 is 6.04 Å². The van der Waals surface area contributed by atoms with Crippen LogP contribution in [0, 0.1) is 5.92 Å². The van der Waals surface area contributed by atoms with E-state index in [0.29, 0.717) is 19.4 Å². The van der Waals surface area contributed by atoms with Gasteiger partial charge in [-0.3, -0.25) is 9.59 Å². The van der Waals surface area contributed by atoms with Gasteiger partial charge in [-0.05, 0) is 42.0 Å². The molecule has 1 aromatic carbocycles. The zero-order valence-corrected chi connectivity index (χ0v) is 18.5. The average molecular weight is 421 g/mol. The van der Waals surface area contributed by atoms with Crippen LogP contribution < -0.4 is 10.2 Å². The maximum atomic E-state index is 13.3. The van der Waals surface area contributed by atoms with E-state index in [0.717, 1.165) is 37.3 Å². The fourth-order valence-electron chi connectivity index (χ4n) is 4.58. The van der Waals surface area contributed by atoms with Gasteiger partial charge in [-0.1, -0.05) is 44.2 Å². The molecule has 1 fully saturated rings. The Bertz CT molecular complexity index is 907. The number of nitrogens with zero attached hydrogens (tertiary/aromatic N) is 3. The third-order valence-electron chi connectivity index (χ3n) is 6.27. The van der Waals surface area contributed by atoms with Gasteiger partial charge in [0.15, 0.2) is 0 Å². The summed E-state index contributed by atoms with van der Waals surface area (Å²) in [5, 5.41) is 3.25. The van der Waals surface area contributed by atoms with Gasteiger partial charge >= 0.3 is 0 Å². The molecule has 6 nitrogen and oxygen atoms in total. The first kappa shape index (κ1) is 21.3. The van der Waals surface area contributed by atoms with E-state index in [9.17, 15) is 9.59 Å². The van der Waals surface area contributed by atoms with Crippen molar-refractivity contribution in [2.75, 3.05) is 18.0 Å². The Kier molecular flexibility index (Phi) is 6.54. The summed E-state index contributed by atoms with van der Waals surface area (Å²) in [6, 6.07) is 13.8. The van der Waals surface area contributed by atoms with Crippen molar-refractivity contribution in [2.45, 2.75) is 58.2 Å². The Morgan fingerprint density at radius 2 is 1.77 bits per heavy atom. The highest BCUT2D eigenvalue weighted by molar-refractivity contribution is 5.88. The van der Waals surface area contributed by atoms with Crippen molar-refractivity contribution in [1.29, 1.82) is 0 Å². The van der Waals surface area contributed by atoms with Gasteiger partial charge in [0.1, 0.15) is 11.9 Å². The zero-order chi connectivity index (χ0) is 21.8. The molecule has 0 spiro atoms. The minimum Gasteiger partial charge on any atom is -0.356 e. The number of hydrogen-bond donors (Lipinski definition) is 1. The molecular weight excluding hydrogens is 388 g/mol. The van der Waals surface area contributed by atoms with Crippen LogP contribution in [0.15, 0.2) is 48.7 Å². The van der Waals surface area contributed by atoms with Gasteiger partial charge in [0, 0.05) is 44.7 Å². The Balaban J connectivity index is 1.41. The van der Waals surface area contributed by atoms with E-state index in [1.54, 1.807) is 4.90 Å². The predicted molar refractivity (Wildman–Crippen MR) is 122 cm³/mol. The summed E-state index contributed by atoms with van der Waals surface area (Å²) in [5.74, 6) is 1.29. The maximum Gasteiger partial charge on any atom is 0.243 e. The van der Waals surface area contributed by atoms with E-state index >= 15 is 0 Å². The number of aromatic nitrogens is 1. The molecule has 2 aliphatic heterocycles. The van der Waals surface area contributed by atoms with Crippen LogP contribution in [0.5, 0.6) is 0 Å². The lowest BCUT2D eigenvalue weighted by atomic mass is 9.92. The lowest BCUT2D eigenvalue weighted by Gasteiger charge is -2.38. The normalized spacial score (nSPS) is 19.3. The molecule has 0 aliphatic carbocycles. The van der Waals surface area contributed by atoms with Crippen molar-refractivity contribution >= 4 is 17.6 Å². The van der Waals surface area contributed by atoms with E-state index in [4.69, 9.17) is 0 Å². The number of rotatable bonds is 5. The number of fused-ring (bicyclic) bond motifs is 1. The van der Waals surface area contributed by atoms with Crippen LogP contribution in [0.25, 0.3) is 0 Å². The molecule has 0 saturated carbocycles. The second-order valence-corrected chi connectivity index (χ2v) is 9.07. The number of amides is 2. The van der Waals surface area contributed by atoms with Crippen molar-refractivity contribution in [2.24, 2.45) is 5.92 Å². The monoisotopic (exact) mass is 420 g/mol. The SMILES string of the molecule is CC(C)CC(=O)N1Cc2ccccc2CC1C(=O)NC1CCN(c2ccccn2)CC1. The van der Waals surface area contributed by atoms with Crippen LogP contribution >= 0.6 is 0 Å². The molecule has 4 rings (SSSR count). The molecule has 0 radical (unpaired) electrons. The van der Waals surface area contributed by atoms with Crippen LogP contribution in [-0.4, -0.2) is 46.9 Å². The number of benzene rings is 1. The third-order valence-corrected chi connectivity index (χ3v) is 6.27. The van der Waals surface area contributed by atoms with Gasteiger partial charge in [-0.25, -0.2) is 4.98 Å². The Labute approximate surface area is 184 Å². The number of piperidine rings is 1. The molecule has 1 unspecified atom stereocenters. The highest BCUT2D eigenvalue weighted by Crippen LogP contribution is 2.25. The first-order chi connectivity index (χ1) is 15.0. The van der Waals surface area contributed by atoms with Gasteiger partial charge in [-0.2, -0.15) is 0 Å². The summed E-state index contributed by atoms with van der Waals surface area (Å²) in [6.45, 7) is 6.33.